The number of hydrogen-bond donors (Lipinski definition) is 1. The third-order valence-corrected chi connectivity index (χ3v) is 5.24. The fourth-order valence-corrected chi connectivity index (χ4v) is 3.52. The summed E-state index contributed by atoms with van der Waals surface area (Å²) in [7, 11) is 4.02. The molecule has 3 rings (SSSR count). The van der Waals surface area contributed by atoms with Crippen molar-refractivity contribution in [1.82, 2.24) is 15.2 Å². The number of nitrogens with one attached hydrogen (secondary N) is 1. The summed E-state index contributed by atoms with van der Waals surface area (Å²) in [5.74, 6) is 0.545. The van der Waals surface area contributed by atoms with Gasteiger partial charge in [0, 0.05) is 17.5 Å². The minimum atomic E-state index is -0.113. The highest BCUT2D eigenvalue weighted by Crippen LogP contribution is 2.18. The predicted molar refractivity (Wildman–Crippen MR) is 113 cm³/mol. The topological polar surface area (TPSA) is 54.5 Å². The highest BCUT2D eigenvalue weighted by Gasteiger charge is 2.16. The molecule has 0 aliphatic heterocycles. The summed E-state index contributed by atoms with van der Waals surface area (Å²) in [4.78, 5) is 19.1. The minimum Gasteiger partial charge on any atom is -0.487 e. The van der Waals surface area contributed by atoms with Crippen LogP contribution in [0.25, 0.3) is 0 Å². The molecule has 1 N–H and O–H groups in total. The Labute approximate surface area is 170 Å². The number of aryl methyl sites for hydroxylation is 1. The van der Waals surface area contributed by atoms with Gasteiger partial charge in [-0.3, -0.25) is 4.79 Å². The summed E-state index contributed by atoms with van der Waals surface area (Å²) < 4.78 is 5.79. The van der Waals surface area contributed by atoms with Gasteiger partial charge in [-0.05, 0) is 44.8 Å². The molecule has 0 spiro atoms. The summed E-state index contributed by atoms with van der Waals surface area (Å²) in [6.07, 6.45) is 0. The number of nitrogens with zero attached hydrogens (tertiary/aromatic N) is 2. The molecule has 1 heterocycles. The maximum atomic E-state index is 12.6. The molecule has 0 saturated carbocycles. The van der Waals surface area contributed by atoms with Gasteiger partial charge < -0.3 is 15.0 Å². The van der Waals surface area contributed by atoms with Crippen LogP contribution in [-0.2, 0) is 6.61 Å². The fourth-order valence-electron chi connectivity index (χ4n) is 2.92. The number of likely N-dealkylation sites (N-methyl/N-ethyl adjacent to an activating group) is 1. The van der Waals surface area contributed by atoms with Crippen molar-refractivity contribution < 1.29 is 9.53 Å². The van der Waals surface area contributed by atoms with Crippen molar-refractivity contribution in [3.05, 3.63) is 81.8 Å². The van der Waals surface area contributed by atoms with Crippen molar-refractivity contribution in [2.45, 2.75) is 19.6 Å². The monoisotopic (exact) mass is 395 g/mol. The van der Waals surface area contributed by atoms with Crippen LogP contribution in [0.1, 0.15) is 32.7 Å². The van der Waals surface area contributed by atoms with Crippen LogP contribution in [0, 0.1) is 6.92 Å². The molecule has 0 fully saturated rings. The predicted octanol–water partition coefficient (Wildman–Crippen LogP) is 4.06. The normalized spacial score (nSPS) is 12.0. The molecule has 146 valence electrons. The van der Waals surface area contributed by atoms with Crippen molar-refractivity contribution in [1.29, 1.82) is 0 Å². The van der Waals surface area contributed by atoms with Crippen molar-refractivity contribution >= 4 is 17.2 Å². The zero-order chi connectivity index (χ0) is 19.9. The molecule has 28 heavy (non-hydrogen) atoms. The molecule has 3 aromatic rings. The van der Waals surface area contributed by atoms with Crippen molar-refractivity contribution in [3.8, 4) is 5.75 Å². The number of aromatic nitrogens is 1. The zero-order valence-electron chi connectivity index (χ0n) is 16.4. The second kappa shape index (κ2) is 9.48. The molecule has 1 unspecified atom stereocenters. The smallest absolute Gasteiger partial charge is 0.251 e. The van der Waals surface area contributed by atoms with E-state index in [4.69, 9.17) is 4.74 Å². The third kappa shape index (κ3) is 5.41. The van der Waals surface area contributed by atoms with Gasteiger partial charge in [0.05, 0.1) is 16.7 Å². The number of hydrogen-bond acceptors (Lipinski definition) is 5. The molecule has 6 heteroatoms. The van der Waals surface area contributed by atoms with E-state index in [2.05, 4.69) is 27.3 Å². The zero-order valence-corrected chi connectivity index (χ0v) is 17.2. The molecule has 0 radical (unpaired) electrons. The first-order valence-electron chi connectivity index (χ1n) is 9.16. The Morgan fingerprint density at radius 2 is 1.96 bits per heavy atom. The van der Waals surface area contributed by atoms with Gasteiger partial charge in [0.25, 0.3) is 5.91 Å². The quantitative estimate of drug-likeness (QED) is 0.625. The van der Waals surface area contributed by atoms with E-state index in [1.807, 2.05) is 56.7 Å². The molecule has 0 bridgehead atoms. The van der Waals surface area contributed by atoms with Crippen LogP contribution in [0.15, 0.2) is 60.0 Å². The first kappa shape index (κ1) is 20.0. The molecular weight excluding hydrogens is 370 g/mol. The molecule has 0 saturated heterocycles. The molecule has 2 aromatic carbocycles. The van der Waals surface area contributed by atoms with E-state index < -0.39 is 0 Å². The van der Waals surface area contributed by atoms with Crippen LogP contribution in [0.2, 0.25) is 0 Å². The Balaban J connectivity index is 1.60. The largest absolute Gasteiger partial charge is 0.487 e. The summed E-state index contributed by atoms with van der Waals surface area (Å²) in [6, 6.07) is 17.5. The minimum absolute atomic E-state index is 0.109. The van der Waals surface area contributed by atoms with Crippen molar-refractivity contribution in [2.75, 3.05) is 20.6 Å². The summed E-state index contributed by atoms with van der Waals surface area (Å²) in [5, 5.41) is 6.03. The lowest BCUT2D eigenvalue weighted by Gasteiger charge is -2.25. The lowest BCUT2D eigenvalue weighted by molar-refractivity contribution is 0.0941. The second-order valence-corrected chi connectivity index (χ2v) is 7.84. The third-order valence-electron chi connectivity index (χ3n) is 4.41. The Kier molecular flexibility index (Phi) is 6.79. The van der Waals surface area contributed by atoms with Gasteiger partial charge in [-0.15, -0.1) is 11.3 Å². The van der Waals surface area contributed by atoms with Crippen molar-refractivity contribution in [3.63, 3.8) is 0 Å². The summed E-state index contributed by atoms with van der Waals surface area (Å²) in [5.41, 5.74) is 2.65. The highest BCUT2D eigenvalue weighted by molar-refractivity contribution is 7.09. The van der Waals surface area contributed by atoms with Crippen LogP contribution < -0.4 is 10.1 Å². The van der Waals surface area contributed by atoms with E-state index in [0.717, 1.165) is 10.7 Å². The molecule has 1 atom stereocenters. The fraction of sp³-hybridized carbons (Fsp3) is 0.273. The molecule has 0 aliphatic rings. The SMILES string of the molecule is Cc1nc(COc2cccc(C(=O)NCC(c3ccccc3)N(C)C)c2)cs1. The van der Waals surface area contributed by atoms with Crippen molar-refractivity contribution in [2.24, 2.45) is 0 Å². The van der Waals surface area contributed by atoms with Gasteiger partial charge in [-0.25, -0.2) is 4.98 Å². The average molecular weight is 396 g/mol. The first-order valence-corrected chi connectivity index (χ1v) is 10.0. The maximum Gasteiger partial charge on any atom is 0.251 e. The number of benzene rings is 2. The van der Waals surface area contributed by atoms with Gasteiger partial charge >= 0.3 is 0 Å². The van der Waals surface area contributed by atoms with Gasteiger partial charge in [0.15, 0.2) is 0 Å². The van der Waals surface area contributed by atoms with Crippen LogP contribution in [0.4, 0.5) is 0 Å². The molecule has 0 aliphatic carbocycles. The standard InChI is InChI=1S/C22H25N3O2S/c1-16-24-19(15-28-16)14-27-20-11-7-10-18(12-20)22(26)23-13-21(25(2)3)17-8-5-4-6-9-17/h4-12,15,21H,13-14H2,1-3H3,(H,23,26). The summed E-state index contributed by atoms with van der Waals surface area (Å²) in [6.45, 7) is 2.89. The number of ether oxygens (including phenoxy) is 1. The summed E-state index contributed by atoms with van der Waals surface area (Å²) >= 11 is 1.60. The van der Waals surface area contributed by atoms with Crippen LogP contribution in [0.5, 0.6) is 5.75 Å². The molecule has 1 aromatic heterocycles. The van der Waals surface area contributed by atoms with Gasteiger partial charge in [-0.2, -0.15) is 0 Å². The van der Waals surface area contributed by atoms with E-state index in [1.54, 1.807) is 23.5 Å². The Hall–Kier alpha value is -2.70. The molecule has 1 amide bonds. The number of thiazole rings is 1. The van der Waals surface area contributed by atoms with Crippen LogP contribution >= 0.6 is 11.3 Å². The van der Waals surface area contributed by atoms with E-state index in [0.29, 0.717) is 24.5 Å². The number of amides is 1. The lowest BCUT2D eigenvalue weighted by atomic mass is 10.1. The van der Waals surface area contributed by atoms with Gasteiger partial charge in [-0.1, -0.05) is 36.4 Å². The molecular formula is C22H25N3O2S. The second-order valence-electron chi connectivity index (χ2n) is 6.77. The number of rotatable bonds is 8. The Bertz CT molecular complexity index is 909. The maximum absolute atomic E-state index is 12.6. The molecule has 5 nitrogen and oxygen atoms in total. The van der Waals surface area contributed by atoms with E-state index in [-0.39, 0.29) is 11.9 Å². The lowest BCUT2D eigenvalue weighted by Crippen LogP contribution is -2.34. The Morgan fingerprint density at radius 1 is 1.18 bits per heavy atom. The van der Waals surface area contributed by atoms with Crippen LogP contribution in [0.3, 0.4) is 0 Å². The van der Waals surface area contributed by atoms with Gasteiger partial charge in [0.2, 0.25) is 0 Å². The highest BCUT2D eigenvalue weighted by atomic mass is 32.1. The van der Waals surface area contributed by atoms with E-state index in [1.165, 1.54) is 5.56 Å². The van der Waals surface area contributed by atoms with Gasteiger partial charge in [0.1, 0.15) is 12.4 Å². The number of carbonyl (C=O) groups is 1. The van der Waals surface area contributed by atoms with Crippen LogP contribution in [-0.4, -0.2) is 36.4 Å². The van der Waals surface area contributed by atoms with E-state index in [9.17, 15) is 4.79 Å². The van der Waals surface area contributed by atoms with E-state index >= 15 is 0 Å². The average Bonchev–Trinajstić information content (AvgIpc) is 3.12. The Morgan fingerprint density at radius 3 is 2.64 bits per heavy atom. The first-order chi connectivity index (χ1) is 13.5. The number of carbonyl (C=O) groups excluding carboxylic acids is 1.